The van der Waals surface area contributed by atoms with Gasteiger partial charge in [0, 0.05) is 17.8 Å². The maximum Gasteiger partial charge on any atom is 0.262 e. The van der Waals surface area contributed by atoms with Crippen molar-refractivity contribution in [1.29, 1.82) is 0 Å². The van der Waals surface area contributed by atoms with Crippen molar-refractivity contribution in [2.75, 3.05) is 4.72 Å². The van der Waals surface area contributed by atoms with Gasteiger partial charge >= 0.3 is 0 Å². The number of hydrogen-bond donors (Lipinski definition) is 2. The van der Waals surface area contributed by atoms with Crippen LogP contribution in [0.2, 0.25) is 10.0 Å². The molecule has 3 aromatic heterocycles. The first-order valence-corrected chi connectivity index (χ1v) is 10.7. The number of aromatic nitrogens is 4. The van der Waals surface area contributed by atoms with Crippen molar-refractivity contribution >= 4 is 55.7 Å². The fourth-order valence-electron chi connectivity index (χ4n) is 2.78. The van der Waals surface area contributed by atoms with Crippen molar-refractivity contribution in [2.45, 2.75) is 11.8 Å². The van der Waals surface area contributed by atoms with Crippen LogP contribution in [0, 0.1) is 6.92 Å². The molecule has 4 rings (SSSR count). The molecule has 0 spiro atoms. The number of fused-ring (bicyclic) bond motifs is 1. The van der Waals surface area contributed by atoms with Gasteiger partial charge < -0.3 is 4.98 Å². The maximum absolute atomic E-state index is 13.2. The third-order valence-electron chi connectivity index (χ3n) is 4.17. The van der Waals surface area contributed by atoms with Gasteiger partial charge in [-0.15, -0.1) is 0 Å². The van der Waals surface area contributed by atoms with Gasteiger partial charge in [0.1, 0.15) is 23.4 Å². The summed E-state index contributed by atoms with van der Waals surface area (Å²) in [6, 6.07) is 4.97. The summed E-state index contributed by atoms with van der Waals surface area (Å²) in [5, 5.41) is 0.507. The highest BCUT2D eigenvalue weighted by Gasteiger charge is 2.24. The zero-order chi connectivity index (χ0) is 22.3. The smallest absolute Gasteiger partial charge is 0.262 e. The predicted molar refractivity (Wildman–Crippen MR) is 114 cm³/mol. The van der Waals surface area contributed by atoms with Crippen LogP contribution in [0.15, 0.2) is 53.9 Å². The molecular weight excluding hydrogens is 449 g/mol. The molecule has 4 aromatic rings. The van der Waals surface area contributed by atoms with E-state index in [1.165, 1.54) is 18.6 Å². The minimum Gasteiger partial charge on any atom is -0.346 e. The molecule has 11 heteroatoms. The fraction of sp³-hybridized carbons (Fsp3) is 0.0526. The summed E-state index contributed by atoms with van der Waals surface area (Å²) in [6.07, 6.45) is 4.28. The van der Waals surface area contributed by atoms with E-state index in [9.17, 15) is 13.2 Å². The van der Waals surface area contributed by atoms with Gasteiger partial charge in [-0.25, -0.2) is 18.4 Å². The Kier molecular flexibility index (Phi) is 4.86. The second-order valence-electron chi connectivity index (χ2n) is 6.30. The Morgan fingerprint density at radius 1 is 1.13 bits per heavy atom. The standard InChI is InChI=1S/C19H13Cl2N5O3S/c1-10-6-15(26-30(28,29)11-2-3-13(20)14(21)7-11)17(23-8-10)18(27)16-12-4-5-22-19(12)25-9-24-16/h2-9,26H,1H3,(H,22,24,25)/i2D. The number of H-pyrrole nitrogens is 1. The number of rotatable bonds is 5. The molecule has 3 heterocycles. The largest absolute Gasteiger partial charge is 0.346 e. The van der Waals surface area contributed by atoms with Gasteiger partial charge in [0.2, 0.25) is 5.78 Å². The molecule has 0 atom stereocenters. The number of hydrogen-bond acceptors (Lipinski definition) is 6. The van der Waals surface area contributed by atoms with E-state index in [1.807, 2.05) is 0 Å². The number of benzene rings is 1. The molecule has 2 N–H and O–H groups in total. The zero-order valence-electron chi connectivity index (χ0n) is 16.3. The van der Waals surface area contributed by atoms with Gasteiger partial charge in [-0.3, -0.25) is 14.5 Å². The number of carbonyl (C=O) groups excluding carboxylic acids is 1. The van der Waals surface area contributed by atoms with E-state index < -0.39 is 20.7 Å². The van der Waals surface area contributed by atoms with Gasteiger partial charge in [0.05, 0.1) is 22.0 Å². The Bertz CT molecular complexity index is 1460. The van der Waals surface area contributed by atoms with Crippen LogP contribution in [0.5, 0.6) is 0 Å². The monoisotopic (exact) mass is 462 g/mol. The fourth-order valence-corrected chi connectivity index (χ4v) is 4.16. The molecule has 0 fully saturated rings. The van der Waals surface area contributed by atoms with Crippen LogP contribution in [-0.4, -0.2) is 34.1 Å². The number of halogens is 2. The van der Waals surface area contributed by atoms with E-state index in [-0.39, 0.29) is 33.2 Å². The van der Waals surface area contributed by atoms with Gasteiger partial charge in [0.25, 0.3) is 10.0 Å². The van der Waals surface area contributed by atoms with E-state index in [0.717, 1.165) is 12.1 Å². The summed E-state index contributed by atoms with van der Waals surface area (Å²) < 4.78 is 36.2. The van der Waals surface area contributed by atoms with Crippen molar-refractivity contribution in [1.82, 2.24) is 19.9 Å². The van der Waals surface area contributed by atoms with E-state index in [4.69, 9.17) is 24.6 Å². The summed E-state index contributed by atoms with van der Waals surface area (Å²) in [4.78, 5) is 27.9. The molecule has 0 bridgehead atoms. The SMILES string of the molecule is [2H]c1cc(Cl)c(Cl)cc1S(=O)(=O)Nc1cc(C)cnc1C(=O)c1ncnc2[nH]ccc12. The number of nitrogens with one attached hydrogen (secondary N) is 2. The van der Waals surface area contributed by atoms with Crippen molar-refractivity contribution < 1.29 is 14.6 Å². The number of nitrogens with zero attached hydrogens (tertiary/aromatic N) is 3. The molecule has 0 saturated heterocycles. The Morgan fingerprint density at radius 3 is 2.73 bits per heavy atom. The molecule has 1 aromatic carbocycles. The quantitative estimate of drug-likeness (QED) is 0.432. The maximum atomic E-state index is 13.2. The summed E-state index contributed by atoms with van der Waals surface area (Å²) in [6.45, 7) is 1.70. The molecule has 30 heavy (non-hydrogen) atoms. The first kappa shape index (κ1) is 19.0. The molecule has 0 aliphatic rings. The number of aromatic amines is 1. The molecule has 152 valence electrons. The third-order valence-corrected chi connectivity index (χ3v) is 6.20. The number of aryl methyl sites for hydroxylation is 1. The molecule has 0 radical (unpaired) electrons. The minimum atomic E-state index is -4.28. The van der Waals surface area contributed by atoms with Crippen molar-refractivity contribution in [3.63, 3.8) is 0 Å². The topological polar surface area (TPSA) is 118 Å². The van der Waals surface area contributed by atoms with Gasteiger partial charge in [-0.05, 0) is 42.8 Å². The third kappa shape index (κ3) is 3.74. The zero-order valence-corrected chi connectivity index (χ0v) is 17.6. The highest BCUT2D eigenvalue weighted by atomic mass is 35.5. The first-order chi connectivity index (χ1) is 14.7. The van der Waals surface area contributed by atoms with Crippen molar-refractivity contribution in [2.24, 2.45) is 0 Å². The van der Waals surface area contributed by atoms with Crippen molar-refractivity contribution in [3.05, 3.63) is 76.0 Å². The molecule has 0 aliphatic carbocycles. The lowest BCUT2D eigenvalue weighted by atomic mass is 10.1. The van der Waals surface area contributed by atoms with Crippen LogP contribution in [0.3, 0.4) is 0 Å². The summed E-state index contributed by atoms with van der Waals surface area (Å²) >= 11 is 11.8. The lowest BCUT2D eigenvalue weighted by molar-refractivity contribution is 0.103. The van der Waals surface area contributed by atoms with Crippen LogP contribution in [0.25, 0.3) is 11.0 Å². The number of ketones is 1. The normalized spacial score (nSPS) is 12.0. The molecule has 0 amide bonds. The van der Waals surface area contributed by atoms with Crippen LogP contribution < -0.4 is 4.72 Å². The number of pyridine rings is 1. The van der Waals surface area contributed by atoms with Gasteiger partial charge in [-0.2, -0.15) is 0 Å². The average molecular weight is 463 g/mol. The number of anilines is 1. The van der Waals surface area contributed by atoms with Crippen LogP contribution in [0.1, 0.15) is 23.1 Å². The summed E-state index contributed by atoms with van der Waals surface area (Å²) in [5.41, 5.74) is 0.935. The average Bonchev–Trinajstić information content (AvgIpc) is 3.19. The number of sulfonamides is 1. The molecule has 0 unspecified atom stereocenters. The lowest BCUT2D eigenvalue weighted by Crippen LogP contribution is -2.18. The van der Waals surface area contributed by atoms with Crippen LogP contribution in [-0.2, 0) is 10.0 Å². The Labute approximate surface area is 182 Å². The summed E-state index contributed by atoms with van der Waals surface area (Å²) in [5.74, 6) is -0.593. The van der Waals surface area contributed by atoms with Gasteiger partial charge in [-0.1, -0.05) is 23.2 Å². The summed E-state index contributed by atoms with van der Waals surface area (Å²) in [7, 11) is -4.28. The second-order valence-corrected chi connectivity index (χ2v) is 8.76. The van der Waals surface area contributed by atoms with E-state index in [1.54, 1.807) is 19.2 Å². The second kappa shape index (κ2) is 7.67. The molecular formula is C19H13Cl2N5O3S. The molecule has 0 saturated carbocycles. The van der Waals surface area contributed by atoms with Crippen molar-refractivity contribution in [3.8, 4) is 0 Å². The highest BCUT2D eigenvalue weighted by molar-refractivity contribution is 7.92. The minimum absolute atomic E-state index is 0.0208. The van der Waals surface area contributed by atoms with E-state index in [2.05, 4.69) is 24.7 Å². The molecule has 8 nitrogen and oxygen atoms in total. The van der Waals surface area contributed by atoms with Gasteiger partial charge in [0.15, 0.2) is 0 Å². The van der Waals surface area contributed by atoms with Crippen LogP contribution >= 0.6 is 23.2 Å². The molecule has 0 aliphatic heterocycles. The Balaban J connectivity index is 1.80. The first-order valence-electron chi connectivity index (χ1n) is 8.95. The Morgan fingerprint density at radius 2 is 1.93 bits per heavy atom. The number of carbonyl (C=O) groups is 1. The predicted octanol–water partition coefficient (Wildman–Crippen LogP) is 4.00. The van der Waals surface area contributed by atoms with E-state index in [0.29, 0.717) is 16.6 Å². The van der Waals surface area contributed by atoms with E-state index >= 15 is 0 Å². The lowest BCUT2D eigenvalue weighted by Gasteiger charge is -2.13. The Hall–Kier alpha value is -3.01. The highest BCUT2D eigenvalue weighted by Crippen LogP contribution is 2.28. The van der Waals surface area contributed by atoms with Crippen LogP contribution in [0.4, 0.5) is 5.69 Å².